The Labute approximate surface area is 123 Å². The van der Waals surface area contributed by atoms with Crippen LogP contribution in [-0.4, -0.2) is 33.0 Å². The van der Waals surface area contributed by atoms with E-state index in [1.54, 1.807) is 7.11 Å². The maximum Gasteiger partial charge on any atom is 0.179 e. The molecule has 0 aromatic carbocycles. The lowest BCUT2D eigenvalue weighted by Gasteiger charge is -2.16. The van der Waals surface area contributed by atoms with Crippen molar-refractivity contribution in [3.05, 3.63) is 10.5 Å². The molecule has 1 aliphatic rings. The van der Waals surface area contributed by atoms with Crippen molar-refractivity contribution in [2.75, 3.05) is 13.7 Å². The summed E-state index contributed by atoms with van der Waals surface area (Å²) in [4.78, 5) is 3.32. The number of rotatable bonds is 6. The van der Waals surface area contributed by atoms with Crippen LogP contribution in [0.25, 0.3) is 11.2 Å². The molecule has 0 bridgehead atoms. The number of nitrogens with zero attached hydrogens (tertiary/aromatic N) is 3. The normalized spacial score (nSPS) is 16.9. The Balaban J connectivity index is 1.99. The second-order valence-electron chi connectivity index (χ2n) is 5.86. The standard InChI is InChI=1S/C14H22N4OS/c1-4-18-12-11(10(2)16-18)15-13(20)17(12)9-14(5-6-14)7-8-19-3/h4-9H2,1-3H3,(H,15,20). The molecule has 20 heavy (non-hydrogen) atoms. The summed E-state index contributed by atoms with van der Waals surface area (Å²) in [5, 5.41) is 4.58. The van der Waals surface area contributed by atoms with Crippen molar-refractivity contribution in [2.45, 2.75) is 46.2 Å². The van der Waals surface area contributed by atoms with Crippen LogP contribution in [-0.2, 0) is 17.8 Å². The minimum atomic E-state index is 0.375. The van der Waals surface area contributed by atoms with Gasteiger partial charge in [-0.2, -0.15) is 5.10 Å². The Morgan fingerprint density at radius 1 is 1.45 bits per heavy atom. The number of methoxy groups -OCH3 is 1. The van der Waals surface area contributed by atoms with Crippen LogP contribution in [0.1, 0.15) is 31.9 Å². The van der Waals surface area contributed by atoms with Crippen molar-refractivity contribution in [2.24, 2.45) is 5.41 Å². The van der Waals surface area contributed by atoms with Gasteiger partial charge in [0.1, 0.15) is 5.52 Å². The van der Waals surface area contributed by atoms with E-state index in [0.29, 0.717) is 5.41 Å². The third-order valence-corrected chi connectivity index (χ3v) is 4.74. The van der Waals surface area contributed by atoms with Gasteiger partial charge in [0, 0.05) is 26.8 Å². The molecule has 1 N–H and O–H groups in total. The average Bonchev–Trinajstić information content (AvgIpc) is 3.04. The number of hydrogen-bond acceptors (Lipinski definition) is 3. The van der Waals surface area contributed by atoms with E-state index in [1.165, 1.54) is 12.8 Å². The Morgan fingerprint density at radius 2 is 2.20 bits per heavy atom. The fraction of sp³-hybridized carbons (Fsp3) is 0.714. The maximum atomic E-state index is 5.52. The van der Waals surface area contributed by atoms with Gasteiger partial charge in [-0.3, -0.25) is 0 Å². The highest BCUT2D eigenvalue weighted by molar-refractivity contribution is 7.71. The van der Waals surface area contributed by atoms with Crippen LogP contribution in [0, 0.1) is 17.1 Å². The third-order valence-electron chi connectivity index (χ3n) is 4.42. The van der Waals surface area contributed by atoms with Crippen molar-refractivity contribution in [1.82, 2.24) is 19.3 Å². The Hall–Kier alpha value is -1.14. The molecule has 0 spiro atoms. The highest BCUT2D eigenvalue weighted by Crippen LogP contribution is 2.50. The summed E-state index contributed by atoms with van der Waals surface area (Å²) in [6.07, 6.45) is 3.64. The number of ether oxygens (including phenoxy) is 1. The van der Waals surface area contributed by atoms with E-state index in [9.17, 15) is 0 Å². The van der Waals surface area contributed by atoms with Crippen LogP contribution in [0.2, 0.25) is 0 Å². The second kappa shape index (κ2) is 5.00. The summed E-state index contributed by atoms with van der Waals surface area (Å²) in [5.74, 6) is 0. The second-order valence-corrected chi connectivity index (χ2v) is 6.25. The summed E-state index contributed by atoms with van der Waals surface area (Å²) < 4.78 is 10.3. The molecule has 2 aromatic rings. The number of aromatic amines is 1. The van der Waals surface area contributed by atoms with Crippen LogP contribution >= 0.6 is 12.2 Å². The van der Waals surface area contributed by atoms with E-state index in [4.69, 9.17) is 17.0 Å². The van der Waals surface area contributed by atoms with E-state index in [1.807, 2.05) is 11.6 Å². The van der Waals surface area contributed by atoms with E-state index in [2.05, 4.69) is 21.6 Å². The molecule has 0 unspecified atom stereocenters. The number of imidazole rings is 1. The van der Waals surface area contributed by atoms with Crippen molar-refractivity contribution in [3.63, 3.8) is 0 Å². The quantitative estimate of drug-likeness (QED) is 0.833. The zero-order valence-corrected chi connectivity index (χ0v) is 13.2. The Morgan fingerprint density at radius 3 is 2.80 bits per heavy atom. The lowest BCUT2D eigenvalue weighted by atomic mass is 10.0. The van der Waals surface area contributed by atoms with Crippen molar-refractivity contribution < 1.29 is 4.74 Å². The SMILES string of the molecule is CCn1nc(C)c2[nH]c(=S)n(CC3(CCOC)CC3)c21. The first-order valence-electron chi connectivity index (χ1n) is 7.25. The third kappa shape index (κ3) is 2.20. The van der Waals surface area contributed by atoms with Crippen LogP contribution in [0.5, 0.6) is 0 Å². The first-order valence-corrected chi connectivity index (χ1v) is 7.66. The zero-order chi connectivity index (χ0) is 14.3. The molecule has 3 rings (SSSR count). The van der Waals surface area contributed by atoms with Crippen molar-refractivity contribution >= 4 is 23.4 Å². The number of fused-ring (bicyclic) bond motifs is 1. The minimum Gasteiger partial charge on any atom is -0.385 e. The van der Waals surface area contributed by atoms with Gasteiger partial charge in [-0.25, -0.2) is 4.68 Å². The summed E-state index contributed by atoms with van der Waals surface area (Å²) in [6, 6.07) is 0. The first-order chi connectivity index (χ1) is 9.60. The number of aryl methyl sites for hydroxylation is 2. The van der Waals surface area contributed by atoms with Gasteiger partial charge in [0.2, 0.25) is 0 Å². The topological polar surface area (TPSA) is 47.8 Å². The molecule has 1 saturated carbocycles. The van der Waals surface area contributed by atoms with Gasteiger partial charge in [0.05, 0.1) is 5.69 Å². The first kappa shape index (κ1) is 13.8. The molecular formula is C14H22N4OS. The molecule has 110 valence electrons. The van der Waals surface area contributed by atoms with Gasteiger partial charge in [-0.05, 0) is 50.7 Å². The average molecular weight is 294 g/mol. The lowest BCUT2D eigenvalue weighted by molar-refractivity contribution is 0.167. The highest BCUT2D eigenvalue weighted by atomic mass is 32.1. The molecule has 0 radical (unpaired) electrons. The summed E-state index contributed by atoms with van der Waals surface area (Å²) in [7, 11) is 1.77. The largest absolute Gasteiger partial charge is 0.385 e. The molecule has 1 fully saturated rings. The smallest absolute Gasteiger partial charge is 0.179 e. The molecule has 0 amide bonds. The number of nitrogens with one attached hydrogen (secondary N) is 1. The van der Waals surface area contributed by atoms with Gasteiger partial charge >= 0.3 is 0 Å². The molecule has 0 aliphatic heterocycles. The van der Waals surface area contributed by atoms with E-state index < -0.39 is 0 Å². The molecule has 1 aliphatic carbocycles. The van der Waals surface area contributed by atoms with Gasteiger partial charge in [0.25, 0.3) is 0 Å². The zero-order valence-electron chi connectivity index (χ0n) is 12.4. The summed E-state index contributed by atoms with van der Waals surface area (Å²) in [6.45, 7) is 6.81. The van der Waals surface area contributed by atoms with Crippen LogP contribution in [0.3, 0.4) is 0 Å². The Bertz CT molecular complexity index is 677. The van der Waals surface area contributed by atoms with Crippen LogP contribution in [0.15, 0.2) is 0 Å². The minimum absolute atomic E-state index is 0.375. The summed E-state index contributed by atoms with van der Waals surface area (Å²) in [5.41, 5.74) is 3.62. The maximum absolute atomic E-state index is 5.52. The predicted octanol–water partition coefficient (Wildman–Crippen LogP) is 3.04. The van der Waals surface area contributed by atoms with Gasteiger partial charge < -0.3 is 14.3 Å². The molecule has 2 heterocycles. The molecule has 6 heteroatoms. The van der Waals surface area contributed by atoms with E-state index >= 15 is 0 Å². The predicted molar refractivity (Wildman–Crippen MR) is 81.5 cm³/mol. The fourth-order valence-electron chi connectivity index (χ4n) is 2.95. The van der Waals surface area contributed by atoms with Crippen LogP contribution in [0.4, 0.5) is 0 Å². The molecule has 0 atom stereocenters. The van der Waals surface area contributed by atoms with Gasteiger partial charge in [0.15, 0.2) is 10.4 Å². The molecule has 5 nitrogen and oxygen atoms in total. The molecular weight excluding hydrogens is 272 g/mol. The molecule has 2 aromatic heterocycles. The number of H-pyrrole nitrogens is 1. The lowest BCUT2D eigenvalue weighted by Crippen LogP contribution is -2.15. The highest BCUT2D eigenvalue weighted by Gasteiger charge is 2.43. The summed E-state index contributed by atoms with van der Waals surface area (Å²) >= 11 is 5.52. The number of aromatic nitrogens is 4. The van der Waals surface area contributed by atoms with E-state index in [0.717, 1.165) is 47.7 Å². The van der Waals surface area contributed by atoms with Crippen molar-refractivity contribution in [3.8, 4) is 0 Å². The van der Waals surface area contributed by atoms with Gasteiger partial charge in [-0.1, -0.05) is 0 Å². The molecule has 0 saturated heterocycles. The van der Waals surface area contributed by atoms with Crippen LogP contribution < -0.4 is 0 Å². The fourth-order valence-corrected chi connectivity index (χ4v) is 3.20. The van der Waals surface area contributed by atoms with Crippen molar-refractivity contribution in [1.29, 1.82) is 0 Å². The number of hydrogen-bond donors (Lipinski definition) is 1. The Kier molecular flexibility index (Phi) is 3.46. The monoisotopic (exact) mass is 294 g/mol. The van der Waals surface area contributed by atoms with Gasteiger partial charge in [-0.15, -0.1) is 0 Å². The van der Waals surface area contributed by atoms with E-state index in [-0.39, 0.29) is 0 Å².